The molecular weight excluding hydrogens is 343 g/mol. The molecule has 6 heteroatoms. The second-order valence-electron chi connectivity index (χ2n) is 7.49. The Morgan fingerprint density at radius 3 is 2.30 bits per heavy atom. The molecule has 0 fully saturated rings. The minimum Gasteiger partial charge on any atom is -0.362 e. The first-order chi connectivity index (χ1) is 12.7. The number of aliphatic imine (C=N–C) groups is 1. The van der Waals surface area contributed by atoms with Crippen molar-refractivity contribution < 1.29 is 8.63 Å². The Kier molecular flexibility index (Phi) is 5.27. The molecule has 27 heavy (non-hydrogen) atoms. The summed E-state index contributed by atoms with van der Waals surface area (Å²) in [6.07, 6.45) is 3.42. The van der Waals surface area contributed by atoms with E-state index in [2.05, 4.69) is 23.0 Å². The summed E-state index contributed by atoms with van der Waals surface area (Å²) in [6, 6.07) is 3.94. The van der Waals surface area contributed by atoms with Crippen molar-refractivity contribution in [2.75, 3.05) is 0 Å². The molecule has 0 spiro atoms. The molecule has 3 rings (SSSR count). The zero-order chi connectivity index (χ0) is 19.9. The topological polar surface area (TPSA) is 33.1 Å². The van der Waals surface area contributed by atoms with Crippen LogP contribution < -0.4 is 0 Å². The number of nitrogens with one attached hydrogen (secondary N) is 1. The highest BCUT2D eigenvalue weighted by atomic mass is 19.2. The normalized spacial score (nSPS) is 15.9. The number of H-pyrrole nitrogens is 1. The third-order valence-corrected chi connectivity index (χ3v) is 5.16. The third-order valence-electron chi connectivity index (χ3n) is 5.16. The van der Waals surface area contributed by atoms with Crippen LogP contribution in [0, 0.1) is 27.7 Å². The molecule has 1 aliphatic rings. The number of nitrogens with zero attached hydrogens (tertiary/aromatic N) is 2. The van der Waals surface area contributed by atoms with Crippen molar-refractivity contribution in [3.05, 3.63) is 63.4 Å². The molecule has 3 heterocycles. The van der Waals surface area contributed by atoms with E-state index in [9.17, 15) is 8.63 Å². The second kappa shape index (κ2) is 7.33. The molecule has 0 amide bonds. The SMILES string of the molecule is CC1=CC(C)=N/C1=C(/CCc1[nH]c(C)cc1C)c1c(C)cc(C)n1B(F)F. The minimum atomic E-state index is -2.57. The van der Waals surface area contributed by atoms with Gasteiger partial charge in [0.1, 0.15) is 0 Å². The molecule has 0 unspecified atom stereocenters. The van der Waals surface area contributed by atoms with Crippen LogP contribution in [-0.4, -0.2) is 22.6 Å². The van der Waals surface area contributed by atoms with Crippen molar-refractivity contribution in [2.24, 2.45) is 4.99 Å². The van der Waals surface area contributed by atoms with Crippen LogP contribution in [0.1, 0.15) is 54.2 Å². The maximum Gasteiger partial charge on any atom is 0.677 e. The first kappa shape index (κ1) is 19.4. The van der Waals surface area contributed by atoms with Crippen LogP contribution in [-0.2, 0) is 6.42 Å². The van der Waals surface area contributed by atoms with Crippen LogP contribution in [0.2, 0.25) is 0 Å². The van der Waals surface area contributed by atoms with E-state index >= 15 is 0 Å². The minimum absolute atomic E-state index is 0.572. The highest BCUT2D eigenvalue weighted by Crippen LogP contribution is 2.35. The number of aromatic nitrogens is 2. The van der Waals surface area contributed by atoms with Crippen molar-refractivity contribution in [1.82, 2.24) is 9.46 Å². The first-order valence-electron chi connectivity index (χ1n) is 9.28. The Bertz CT molecular complexity index is 974. The Labute approximate surface area is 160 Å². The van der Waals surface area contributed by atoms with E-state index in [1.165, 1.54) is 5.56 Å². The van der Waals surface area contributed by atoms with Gasteiger partial charge in [-0.3, -0.25) is 13.6 Å². The molecule has 0 aliphatic carbocycles. The Morgan fingerprint density at radius 1 is 1.07 bits per heavy atom. The number of halogens is 2. The monoisotopic (exact) mass is 369 g/mol. The number of hydrogen-bond acceptors (Lipinski definition) is 1. The maximum atomic E-state index is 13.8. The van der Waals surface area contributed by atoms with Crippen molar-refractivity contribution in [2.45, 2.75) is 54.4 Å². The second-order valence-corrected chi connectivity index (χ2v) is 7.49. The van der Waals surface area contributed by atoms with Crippen molar-refractivity contribution in [1.29, 1.82) is 0 Å². The zero-order valence-corrected chi connectivity index (χ0v) is 16.9. The summed E-state index contributed by atoms with van der Waals surface area (Å²) in [5.74, 6) is 0. The number of hydrogen-bond donors (Lipinski definition) is 1. The van der Waals surface area contributed by atoms with E-state index in [-0.39, 0.29) is 0 Å². The average Bonchev–Trinajstić information content (AvgIpc) is 3.16. The number of rotatable bonds is 5. The van der Waals surface area contributed by atoms with Crippen molar-refractivity contribution in [3.63, 3.8) is 0 Å². The summed E-state index contributed by atoms with van der Waals surface area (Å²) >= 11 is 0. The van der Waals surface area contributed by atoms with Gasteiger partial charge >= 0.3 is 7.40 Å². The van der Waals surface area contributed by atoms with E-state index in [1.54, 1.807) is 6.92 Å². The largest absolute Gasteiger partial charge is 0.677 e. The predicted octanol–water partition coefficient (Wildman–Crippen LogP) is 5.59. The Morgan fingerprint density at radius 2 is 1.78 bits per heavy atom. The van der Waals surface area contributed by atoms with Crippen LogP contribution >= 0.6 is 0 Å². The van der Waals surface area contributed by atoms with Gasteiger partial charge in [0.15, 0.2) is 0 Å². The van der Waals surface area contributed by atoms with E-state index in [0.717, 1.165) is 50.4 Å². The van der Waals surface area contributed by atoms with Crippen molar-refractivity contribution >= 4 is 18.7 Å². The Balaban J connectivity index is 2.12. The van der Waals surface area contributed by atoms with Crippen LogP contribution in [0.15, 0.2) is 34.5 Å². The van der Waals surface area contributed by atoms with Gasteiger partial charge in [0, 0.05) is 34.1 Å². The smallest absolute Gasteiger partial charge is 0.362 e. The van der Waals surface area contributed by atoms with Gasteiger partial charge in [-0.1, -0.05) is 0 Å². The maximum absolute atomic E-state index is 13.8. The summed E-state index contributed by atoms with van der Waals surface area (Å²) in [7, 11) is -2.57. The standard InChI is InChI=1S/C21H26BF2N3/c1-12-9-15(4)25-19(12)8-7-18(20-13(2)10-16(5)26-20)21-14(3)11-17(6)27(21)22(23)24/h9-11,25H,7-8H2,1-6H3/b20-18-. The van der Waals surface area contributed by atoms with Crippen LogP contribution in [0.3, 0.4) is 0 Å². The molecule has 0 radical (unpaired) electrons. The highest BCUT2D eigenvalue weighted by molar-refractivity contribution is 6.41. The molecule has 1 aliphatic heterocycles. The van der Waals surface area contributed by atoms with Crippen LogP contribution in [0.5, 0.6) is 0 Å². The lowest BCUT2D eigenvalue weighted by Gasteiger charge is -2.16. The van der Waals surface area contributed by atoms with Gasteiger partial charge in [-0.2, -0.15) is 0 Å². The molecule has 0 saturated heterocycles. The molecule has 2 aromatic rings. The van der Waals surface area contributed by atoms with Crippen molar-refractivity contribution in [3.8, 4) is 0 Å². The lowest BCUT2D eigenvalue weighted by atomic mass is 9.96. The molecule has 2 aromatic heterocycles. The van der Waals surface area contributed by atoms with E-state index in [1.807, 2.05) is 39.8 Å². The summed E-state index contributed by atoms with van der Waals surface area (Å²) in [4.78, 5) is 8.06. The summed E-state index contributed by atoms with van der Waals surface area (Å²) in [6.45, 7) is 11.7. The quantitative estimate of drug-likeness (QED) is 0.667. The predicted molar refractivity (Wildman–Crippen MR) is 110 cm³/mol. The van der Waals surface area contributed by atoms with Gasteiger partial charge in [0.25, 0.3) is 0 Å². The molecule has 0 saturated carbocycles. The zero-order valence-electron chi connectivity index (χ0n) is 16.9. The lowest BCUT2D eigenvalue weighted by molar-refractivity contribution is 0.623. The van der Waals surface area contributed by atoms with Crippen LogP contribution in [0.4, 0.5) is 8.63 Å². The van der Waals surface area contributed by atoms with E-state index in [0.29, 0.717) is 17.8 Å². The van der Waals surface area contributed by atoms with Gasteiger partial charge in [-0.25, -0.2) is 0 Å². The summed E-state index contributed by atoms with van der Waals surface area (Å²) in [5, 5.41) is 0. The van der Waals surface area contributed by atoms with Gasteiger partial charge in [0.2, 0.25) is 0 Å². The summed E-state index contributed by atoms with van der Waals surface area (Å²) < 4.78 is 28.8. The van der Waals surface area contributed by atoms with Gasteiger partial charge < -0.3 is 9.46 Å². The van der Waals surface area contributed by atoms with Gasteiger partial charge in [-0.15, -0.1) is 0 Å². The number of aromatic amines is 1. The van der Waals surface area contributed by atoms with Gasteiger partial charge in [0.05, 0.1) is 5.70 Å². The molecule has 3 nitrogen and oxygen atoms in total. The molecule has 142 valence electrons. The average molecular weight is 369 g/mol. The van der Waals surface area contributed by atoms with E-state index in [4.69, 9.17) is 0 Å². The number of aryl methyl sites for hydroxylation is 5. The fourth-order valence-electron chi connectivity index (χ4n) is 4.08. The first-order valence-corrected chi connectivity index (χ1v) is 9.28. The third kappa shape index (κ3) is 3.71. The highest BCUT2D eigenvalue weighted by Gasteiger charge is 2.28. The number of allylic oxidation sites excluding steroid dienone is 3. The van der Waals surface area contributed by atoms with E-state index < -0.39 is 7.40 Å². The molecule has 0 aromatic carbocycles. The lowest BCUT2D eigenvalue weighted by Crippen LogP contribution is -2.18. The van der Waals surface area contributed by atoms with Gasteiger partial charge in [-0.05, 0) is 89.3 Å². The molecular formula is C21H26BF2N3. The van der Waals surface area contributed by atoms with Crippen LogP contribution in [0.25, 0.3) is 5.57 Å². The molecule has 0 atom stereocenters. The molecule has 0 bridgehead atoms. The fraction of sp³-hybridized carbons (Fsp3) is 0.381. The fourth-order valence-corrected chi connectivity index (χ4v) is 4.08. The summed E-state index contributed by atoms with van der Waals surface area (Å²) in [5.41, 5.74) is 9.16. The molecule has 1 N–H and O–H groups in total. The Hall–Kier alpha value is -2.37.